The lowest BCUT2D eigenvalue weighted by molar-refractivity contribution is 0.332. The number of hydrogen-bond acceptors (Lipinski definition) is 2. The number of benzene rings is 6. The van der Waals surface area contributed by atoms with Gasteiger partial charge in [-0.3, -0.25) is 0 Å². The molecular formula is C68H85BN2Si. The van der Waals surface area contributed by atoms with E-state index >= 15 is 0 Å². The van der Waals surface area contributed by atoms with Crippen LogP contribution in [0.3, 0.4) is 0 Å². The van der Waals surface area contributed by atoms with E-state index in [0.29, 0.717) is 0 Å². The number of hydrogen-bond donors (Lipinski definition) is 0. The molecule has 5 aliphatic rings. The van der Waals surface area contributed by atoms with E-state index in [-0.39, 0.29) is 44.6 Å². The molecule has 4 heteroatoms. The smallest absolute Gasteiger partial charge is 0.252 e. The van der Waals surface area contributed by atoms with Gasteiger partial charge in [0.2, 0.25) is 0 Å². The van der Waals surface area contributed by atoms with Gasteiger partial charge in [0.1, 0.15) is 0 Å². The van der Waals surface area contributed by atoms with Crippen LogP contribution in [0.25, 0.3) is 11.1 Å². The summed E-state index contributed by atoms with van der Waals surface area (Å²) in [5.74, 6) is 0. The van der Waals surface area contributed by atoms with Crippen LogP contribution in [0.1, 0.15) is 187 Å². The molecule has 3 aliphatic carbocycles. The van der Waals surface area contributed by atoms with Crippen molar-refractivity contribution in [1.29, 1.82) is 0 Å². The van der Waals surface area contributed by atoms with Crippen LogP contribution in [-0.2, 0) is 37.9 Å². The van der Waals surface area contributed by atoms with Crippen molar-refractivity contribution in [3.05, 3.63) is 142 Å². The zero-order valence-electron chi connectivity index (χ0n) is 48.0. The highest BCUT2D eigenvalue weighted by atomic mass is 28.3. The maximum atomic E-state index is 2.76. The van der Waals surface area contributed by atoms with Crippen molar-refractivity contribution in [2.75, 3.05) is 9.80 Å². The predicted molar refractivity (Wildman–Crippen MR) is 318 cm³/mol. The average Bonchev–Trinajstić information content (AvgIpc) is 3.29. The molecule has 0 amide bonds. The highest BCUT2D eigenvalue weighted by Gasteiger charge is 2.49. The second-order valence-corrected chi connectivity index (χ2v) is 34.7. The lowest BCUT2D eigenvalue weighted by Gasteiger charge is -2.49. The Morgan fingerprint density at radius 3 is 1.40 bits per heavy atom. The lowest BCUT2D eigenvalue weighted by Crippen LogP contribution is -2.62. The van der Waals surface area contributed by atoms with E-state index in [1.807, 2.05) is 0 Å². The molecule has 6 aromatic carbocycles. The second kappa shape index (κ2) is 15.6. The minimum Gasteiger partial charge on any atom is -0.311 e. The van der Waals surface area contributed by atoms with Gasteiger partial charge in [0, 0.05) is 34.0 Å². The molecule has 0 atom stereocenters. The minimum atomic E-state index is -1.64. The molecule has 2 nitrogen and oxygen atoms in total. The standard InChI is InChI=1S/C68H85BN2Si/c1-42-33-59-61-60(34-42)71(56-26-23-44(62(2,3)4)36-47(56)43-21-20-22-46(35-43)72(17,18)19)58-41-53-51(66(11,12)30-32-68(53,15)16)39-55(58)69(61)54-38-50-52(67(13,14)31-29-65(50,9)10)40-57(54)70(59)45-24-25-48-49(37-45)64(7,8)28-27-63(48,5)6/h20-26,33-41H,27-32H2,1-19H3. The van der Waals surface area contributed by atoms with Gasteiger partial charge >= 0.3 is 0 Å². The fourth-order valence-corrected chi connectivity index (χ4v) is 15.3. The maximum Gasteiger partial charge on any atom is 0.252 e. The van der Waals surface area contributed by atoms with Crippen LogP contribution >= 0.6 is 0 Å². The fraction of sp³-hybridized carbons (Fsp3) is 0.471. The first kappa shape index (κ1) is 49.4. The number of aryl methyl sites for hydroxylation is 1. The van der Waals surface area contributed by atoms with Gasteiger partial charge < -0.3 is 9.80 Å². The van der Waals surface area contributed by atoms with E-state index in [1.54, 1.807) is 0 Å². The van der Waals surface area contributed by atoms with Crippen LogP contribution in [0.5, 0.6) is 0 Å². The summed E-state index contributed by atoms with van der Waals surface area (Å²) in [6.07, 6.45) is 7.12. The van der Waals surface area contributed by atoms with Crippen molar-refractivity contribution in [3.8, 4) is 11.1 Å². The first-order chi connectivity index (χ1) is 33.3. The Labute approximate surface area is 437 Å². The summed E-state index contributed by atoms with van der Waals surface area (Å²) in [7, 11) is -1.64. The van der Waals surface area contributed by atoms with Crippen molar-refractivity contribution in [2.24, 2.45) is 0 Å². The molecule has 0 spiro atoms. The second-order valence-electron chi connectivity index (χ2n) is 29.6. The van der Waals surface area contributed by atoms with Crippen LogP contribution in [0.4, 0.5) is 34.1 Å². The molecule has 11 rings (SSSR count). The molecule has 0 unspecified atom stereocenters. The molecular weight excluding hydrogens is 884 g/mol. The molecule has 0 saturated heterocycles. The van der Waals surface area contributed by atoms with E-state index in [0.717, 1.165) is 0 Å². The van der Waals surface area contributed by atoms with E-state index in [4.69, 9.17) is 0 Å². The summed E-state index contributed by atoms with van der Waals surface area (Å²) < 4.78 is 0. The monoisotopic (exact) mass is 969 g/mol. The fourth-order valence-electron chi connectivity index (χ4n) is 14.1. The number of anilines is 6. The van der Waals surface area contributed by atoms with Gasteiger partial charge in [0.25, 0.3) is 6.71 Å². The summed E-state index contributed by atoms with van der Waals surface area (Å²) >= 11 is 0. The number of fused-ring (bicyclic) bond motifs is 7. The van der Waals surface area contributed by atoms with Crippen LogP contribution in [0, 0.1) is 6.92 Å². The molecule has 0 bridgehead atoms. The predicted octanol–water partition coefficient (Wildman–Crippen LogP) is 16.6. The van der Waals surface area contributed by atoms with Gasteiger partial charge in [-0.1, -0.05) is 177 Å². The SMILES string of the molecule is Cc1cc2c3c(c1)N(c1ccc(C(C)(C)C)cc1-c1cccc([Si](C)(C)C)c1)c1cc4c(cc1B3c1cc3c(cc1N2c1ccc2c(c1)C(C)(C)CCC2(C)C)C(C)(C)CCC3(C)C)C(C)(C)CCC4(C)C. The topological polar surface area (TPSA) is 6.48 Å². The van der Waals surface area contributed by atoms with E-state index in [9.17, 15) is 0 Å². The van der Waals surface area contributed by atoms with Crippen molar-refractivity contribution in [3.63, 3.8) is 0 Å². The highest BCUT2D eigenvalue weighted by molar-refractivity contribution is 7.00. The minimum absolute atomic E-state index is 0.0178. The van der Waals surface area contributed by atoms with E-state index in [2.05, 4.69) is 237 Å². The highest BCUT2D eigenvalue weighted by Crippen LogP contribution is 2.55. The zero-order chi connectivity index (χ0) is 51.8. The van der Waals surface area contributed by atoms with Crippen LogP contribution in [-0.4, -0.2) is 14.8 Å². The third kappa shape index (κ3) is 7.59. The quantitative estimate of drug-likeness (QED) is 0.162. The summed E-state index contributed by atoms with van der Waals surface area (Å²) in [6, 6.07) is 40.7. The third-order valence-corrected chi connectivity index (χ3v) is 21.4. The Kier molecular flexibility index (Phi) is 10.7. The Morgan fingerprint density at radius 2 is 0.903 bits per heavy atom. The molecule has 0 aromatic heterocycles. The zero-order valence-corrected chi connectivity index (χ0v) is 49.0. The summed E-state index contributed by atoms with van der Waals surface area (Å²) in [6.45, 7) is 46.9. The molecule has 0 N–H and O–H groups in total. The van der Waals surface area contributed by atoms with Crippen LogP contribution < -0.4 is 31.4 Å². The number of nitrogens with zero attached hydrogens (tertiary/aromatic N) is 2. The molecule has 0 fully saturated rings. The van der Waals surface area contributed by atoms with Crippen LogP contribution in [0.2, 0.25) is 19.6 Å². The molecule has 6 aromatic rings. The molecule has 72 heavy (non-hydrogen) atoms. The molecule has 2 aliphatic heterocycles. The maximum absolute atomic E-state index is 2.76. The normalized spacial score (nSPS) is 20.4. The van der Waals surface area contributed by atoms with Gasteiger partial charge in [-0.05, 0) is 198 Å². The Balaban J connectivity index is 1.29. The van der Waals surface area contributed by atoms with E-state index < -0.39 is 8.07 Å². The average molecular weight is 969 g/mol. The summed E-state index contributed by atoms with van der Waals surface area (Å²) in [5.41, 5.74) is 27.0. The van der Waals surface area contributed by atoms with Gasteiger partial charge in [-0.2, -0.15) is 0 Å². The Hall–Kier alpha value is -4.80. The van der Waals surface area contributed by atoms with Crippen molar-refractivity contribution < 1.29 is 0 Å². The summed E-state index contributed by atoms with van der Waals surface area (Å²) in [4.78, 5) is 5.50. The Bertz CT molecular complexity index is 3250. The lowest BCUT2D eigenvalue weighted by atomic mass is 9.32. The summed E-state index contributed by atoms with van der Waals surface area (Å²) in [5, 5.41) is 1.50. The first-order valence-corrected chi connectivity index (χ1v) is 31.3. The largest absolute Gasteiger partial charge is 0.311 e. The van der Waals surface area contributed by atoms with Gasteiger partial charge in [0.05, 0.1) is 13.8 Å². The van der Waals surface area contributed by atoms with Gasteiger partial charge in [0.15, 0.2) is 0 Å². The molecule has 374 valence electrons. The Morgan fingerprint density at radius 1 is 0.444 bits per heavy atom. The first-order valence-electron chi connectivity index (χ1n) is 27.8. The molecule has 2 heterocycles. The van der Waals surface area contributed by atoms with Gasteiger partial charge in [-0.25, -0.2) is 0 Å². The van der Waals surface area contributed by atoms with E-state index in [1.165, 1.54) is 150 Å². The molecule has 0 radical (unpaired) electrons. The third-order valence-electron chi connectivity index (χ3n) is 19.4. The molecule has 0 saturated carbocycles. The van der Waals surface area contributed by atoms with Crippen molar-refractivity contribution in [2.45, 2.75) is 207 Å². The van der Waals surface area contributed by atoms with Gasteiger partial charge in [-0.15, -0.1) is 0 Å². The van der Waals surface area contributed by atoms with Crippen molar-refractivity contribution in [1.82, 2.24) is 0 Å². The number of rotatable bonds is 4. The van der Waals surface area contributed by atoms with Crippen LogP contribution in [0.15, 0.2) is 97.1 Å². The van der Waals surface area contributed by atoms with Crippen molar-refractivity contribution >= 4 is 70.5 Å².